The molecule has 17 heavy (non-hydrogen) atoms. The highest BCUT2D eigenvalue weighted by Crippen LogP contribution is 2.44. The number of halogens is 2. The molecule has 1 aromatic rings. The summed E-state index contributed by atoms with van der Waals surface area (Å²) in [7, 11) is 0. The molecular formula is C14H18ClFO. The number of rotatable bonds is 3. The van der Waals surface area contributed by atoms with Crippen LogP contribution in [0.3, 0.4) is 0 Å². The zero-order chi connectivity index (χ0) is 12.6. The molecule has 1 nitrogen and oxygen atoms in total. The number of hydrogen-bond donors (Lipinski definition) is 1. The fourth-order valence-corrected chi connectivity index (χ4v) is 2.76. The molecule has 2 rings (SSSR count). The smallest absolute Gasteiger partial charge is 0.142 e. The van der Waals surface area contributed by atoms with E-state index in [1.807, 2.05) is 0 Å². The molecule has 0 saturated heterocycles. The maximum Gasteiger partial charge on any atom is 0.142 e. The molecule has 0 atom stereocenters. The number of aliphatic hydroxyl groups is 1. The van der Waals surface area contributed by atoms with Crippen molar-refractivity contribution in [2.45, 2.75) is 38.7 Å². The summed E-state index contributed by atoms with van der Waals surface area (Å²) in [6.45, 7) is 4.33. The molecule has 0 aliphatic heterocycles. The first-order valence-corrected chi connectivity index (χ1v) is 6.44. The quantitative estimate of drug-likeness (QED) is 0.872. The van der Waals surface area contributed by atoms with Gasteiger partial charge in [0.15, 0.2) is 0 Å². The Balaban J connectivity index is 2.05. The Kier molecular flexibility index (Phi) is 3.46. The summed E-state index contributed by atoms with van der Waals surface area (Å²) in [5, 5.41) is 10.5. The topological polar surface area (TPSA) is 20.2 Å². The lowest BCUT2D eigenvalue weighted by Gasteiger charge is -2.46. The molecule has 1 saturated carbocycles. The monoisotopic (exact) mass is 256 g/mol. The minimum absolute atomic E-state index is 0.147. The Bertz CT molecular complexity index is 411. The van der Waals surface area contributed by atoms with Gasteiger partial charge in [-0.05, 0) is 36.3 Å². The fraction of sp³-hybridized carbons (Fsp3) is 0.571. The van der Waals surface area contributed by atoms with Crippen LogP contribution in [-0.2, 0) is 6.42 Å². The Morgan fingerprint density at radius 3 is 2.71 bits per heavy atom. The lowest BCUT2D eigenvalue weighted by molar-refractivity contribution is -0.0860. The summed E-state index contributed by atoms with van der Waals surface area (Å²) >= 11 is 5.89. The van der Waals surface area contributed by atoms with Gasteiger partial charge in [-0.1, -0.05) is 37.6 Å². The van der Waals surface area contributed by atoms with Crippen LogP contribution in [0.4, 0.5) is 4.39 Å². The van der Waals surface area contributed by atoms with Gasteiger partial charge in [-0.15, -0.1) is 0 Å². The van der Waals surface area contributed by atoms with Crippen molar-refractivity contribution >= 4 is 11.6 Å². The minimum Gasteiger partial charge on any atom is -0.390 e. The fourth-order valence-electron chi connectivity index (χ4n) is 2.57. The molecular weight excluding hydrogens is 239 g/mol. The molecule has 0 unspecified atom stereocenters. The third-order valence-corrected chi connectivity index (χ3v) is 4.20. The summed E-state index contributed by atoms with van der Waals surface area (Å²) in [5.74, 6) is 0.762. The van der Waals surface area contributed by atoms with Crippen molar-refractivity contribution in [3.05, 3.63) is 34.6 Å². The van der Waals surface area contributed by atoms with Crippen molar-refractivity contribution in [2.24, 2.45) is 11.8 Å². The van der Waals surface area contributed by atoms with Crippen molar-refractivity contribution in [1.82, 2.24) is 0 Å². The maximum absolute atomic E-state index is 13.3. The van der Waals surface area contributed by atoms with Crippen LogP contribution < -0.4 is 0 Å². The van der Waals surface area contributed by atoms with Gasteiger partial charge < -0.3 is 5.11 Å². The standard InChI is InChI=1S/C14H18ClFO/c1-9(2)11-7-14(17,8-11)6-10-4-3-5-12(16)13(10)15/h3-5,9,11,17H,6-8H2,1-2H3. The number of benzene rings is 1. The third kappa shape index (κ3) is 2.63. The molecule has 0 spiro atoms. The van der Waals surface area contributed by atoms with Crippen molar-refractivity contribution in [3.8, 4) is 0 Å². The largest absolute Gasteiger partial charge is 0.390 e. The molecule has 0 radical (unpaired) electrons. The van der Waals surface area contributed by atoms with Crippen LogP contribution in [0.2, 0.25) is 5.02 Å². The first-order valence-electron chi connectivity index (χ1n) is 6.06. The SMILES string of the molecule is CC(C)C1CC(O)(Cc2cccc(F)c2Cl)C1. The molecule has 0 heterocycles. The first-order chi connectivity index (χ1) is 7.91. The van der Waals surface area contributed by atoms with E-state index in [9.17, 15) is 9.50 Å². The highest BCUT2D eigenvalue weighted by atomic mass is 35.5. The molecule has 0 bridgehead atoms. The van der Waals surface area contributed by atoms with Crippen molar-refractivity contribution in [2.75, 3.05) is 0 Å². The van der Waals surface area contributed by atoms with E-state index < -0.39 is 11.4 Å². The van der Waals surface area contributed by atoms with Gasteiger partial charge in [0.25, 0.3) is 0 Å². The predicted octanol–water partition coefficient (Wildman–Crippen LogP) is 3.82. The van der Waals surface area contributed by atoms with E-state index >= 15 is 0 Å². The molecule has 0 amide bonds. The van der Waals surface area contributed by atoms with E-state index in [0.717, 1.165) is 12.8 Å². The van der Waals surface area contributed by atoms with Crippen LogP contribution in [0.25, 0.3) is 0 Å². The molecule has 1 fully saturated rings. The van der Waals surface area contributed by atoms with E-state index in [-0.39, 0.29) is 5.02 Å². The van der Waals surface area contributed by atoms with Gasteiger partial charge in [-0.2, -0.15) is 0 Å². The van der Waals surface area contributed by atoms with Gasteiger partial charge in [0, 0.05) is 6.42 Å². The van der Waals surface area contributed by atoms with E-state index in [4.69, 9.17) is 11.6 Å². The average Bonchev–Trinajstić information content (AvgIpc) is 2.21. The van der Waals surface area contributed by atoms with Crippen LogP contribution >= 0.6 is 11.6 Å². The van der Waals surface area contributed by atoms with Gasteiger partial charge in [-0.3, -0.25) is 0 Å². The summed E-state index contributed by atoms with van der Waals surface area (Å²) in [5.41, 5.74) is 0.0168. The minimum atomic E-state index is -0.688. The summed E-state index contributed by atoms with van der Waals surface area (Å²) in [4.78, 5) is 0. The molecule has 1 aromatic carbocycles. The van der Waals surface area contributed by atoms with Crippen LogP contribution in [0.5, 0.6) is 0 Å². The summed E-state index contributed by atoms with van der Waals surface area (Å²) in [6.07, 6.45) is 2.03. The molecule has 3 heteroatoms. The lowest BCUT2D eigenvalue weighted by Crippen LogP contribution is -2.47. The predicted molar refractivity (Wildman–Crippen MR) is 67.6 cm³/mol. The van der Waals surface area contributed by atoms with Crippen molar-refractivity contribution in [1.29, 1.82) is 0 Å². The van der Waals surface area contributed by atoms with Crippen LogP contribution in [0, 0.1) is 17.7 Å². The third-order valence-electron chi connectivity index (χ3n) is 3.78. The molecule has 0 aromatic heterocycles. The van der Waals surface area contributed by atoms with Crippen LogP contribution in [0.15, 0.2) is 18.2 Å². The average molecular weight is 257 g/mol. The zero-order valence-electron chi connectivity index (χ0n) is 10.2. The first kappa shape index (κ1) is 12.8. The van der Waals surface area contributed by atoms with E-state index in [1.54, 1.807) is 12.1 Å². The van der Waals surface area contributed by atoms with Gasteiger partial charge >= 0.3 is 0 Å². The number of hydrogen-bond acceptors (Lipinski definition) is 1. The Morgan fingerprint density at radius 1 is 1.47 bits per heavy atom. The Labute approximate surface area is 107 Å². The van der Waals surface area contributed by atoms with Crippen LogP contribution in [0.1, 0.15) is 32.3 Å². The van der Waals surface area contributed by atoms with Gasteiger partial charge in [0.05, 0.1) is 10.6 Å². The Morgan fingerprint density at radius 2 is 2.12 bits per heavy atom. The van der Waals surface area contributed by atoms with Gasteiger partial charge in [-0.25, -0.2) is 4.39 Å². The van der Waals surface area contributed by atoms with Crippen molar-refractivity contribution in [3.63, 3.8) is 0 Å². The Hall–Kier alpha value is -0.600. The molecule has 1 aliphatic carbocycles. The molecule has 94 valence electrons. The second kappa shape index (κ2) is 4.58. The van der Waals surface area contributed by atoms with E-state index in [2.05, 4.69) is 13.8 Å². The summed E-state index contributed by atoms with van der Waals surface area (Å²) in [6, 6.07) is 4.76. The lowest BCUT2D eigenvalue weighted by atomic mass is 9.64. The van der Waals surface area contributed by atoms with Crippen molar-refractivity contribution < 1.29 is 9.50 Å². The van der Waals surface area contributed by atoms with E-state index in [1.165, 1.54) is 6.07 Å². The highest BCUT2D eigenvalue weighted by Gasteiger charge is 2.43. The maximum atomic E-state index is 13.3. The van der Waals surface area contributed by atoms with Gasteiger partial charge in [0.2, 0.25) is 0 Å². The van der Waals surface area contributed by atoms with Gasteiger partial charge in [0.1, 0.15) is 5.82 Å². The molecule has 1 aliphatic rings. The summed E-state index contributed by atoms with van der Waals surface area (Å²) < 4.78 is 13.3. The highest BCUT2D eigenvalue weighted by molar-refractivity contribution is 6.31. The second-order valence-corrected chi connectivity index (χ2v) is 5.90. The van der Waals surface area contributed by atoms with E-state index in [0.29, 0.717) is 23.8 Å². The second-order valence-electron chi connectivity index (χ2n) is 5.53. The normalized spacial score (nSPS) is 28.2. The zero-order valence-corrected chi connectivity index (χ0v) is 11.0. The van der Waals surface area contributed by atoms with Crippen LogP contribution in [-0.4, -0.2) is 10.7 Å². The molecule has 1 N–H and O–H groups in total.